The highest BCUT2D eigenvalue weighted by molar-refractivity contribution is 5.89. The average Bonchev–Trinajstić information content (AvgIpc) is 2.38. The van der Waals surface area contributed by atoms with Crippen LogP contribution in [0.3, 0.4) is 0 Å². The van der Waals surface area contributed by atoms with Crippen LogP contribution in [0.1, 0.15) is 6.42 Å². The first-order chi connectivity index (χ1) is 8.35. The number of rotatable bonds is 5. The molecule has 4 nitrogen and oxygen atoms in total. The summed E-state index contributed by atoms with van der Waals surface area (Å²) in [5.74, 6) is 1.31. The molecule has 1 heterocycles. The molecule has 0 saturated carbocycles. The van der Waals surface area contributed by atoms with Gasteiger partial charge in [-0.3, -0.25) is 4.39 Å². The van der Waals surface area contributed by atoms with Crippen molar-refractivity contribution in [2.24, 2.45) is 0 Å². The van der Waals surface area contributed by atoms with Gasteiger partial charge < -0.3 is 10.6 Å². The van der Waals surface area contributed by atoms with Crippen molar-refractivity contribution in [3.05, 3.63) is 24.3 Å². The van der Waals surface area contributed by atoms with Gasteiger partial charge in [-0.15, -0.1) is 0 Å². The number of nitrogens with zero attached hydrogens (tertiary/aromatic N) is 2. The van der Waals surface area contributed by atoms with E-state index in [1.54, 1.807) is 7.05 Å². The normalized spacial score (nSPS) is 10.5. The summed E-state index contributed by atoms with van der Waals surface area (Å²) in [6, 6.07) is 7.75. The van der Waals surface area contributed by atoms with E-state index in [2.05, 4.69) is 20.6 Å². The number of nitrogens with one attached hydrogen (secondary N) is 2. The quantitative estimate of drug-likeness (QED) is 0.780. The first-order valence-electron chi connectivity index (χ1n) is 5.59. The molecule has 0 amide bonds. The molecular weight excluding hydrogens is 219 g/mol. The Kier molecular flexibility index (Phi) is 3.69. The van der Waals surface area contributed by atoms with E-state index in [-0.39, 0.29) is 6.67 Å². The molecule has 0 bridgehead atoms. The Bertz CT molecular complexity index is 501. The number of para-hydroxylation sites is 1. The van der Waals surface area contributed by atoms with Crippen molar-refractivity contribution in [3.63, 3.8) is 0 Å². The van der Waals surface area contributed by atoms with Crippen LogP contribution in [-0.2, 0) is 0 Å². The SMILES string of the molecule is CNc1nc(NCCCF)c2ccccc2n1. The fourth-order valence-corrected chi connectivity index (χ4v) is 1.60. The molecule has 0 fully saturated rings. The zero-order chi connectivity index (χ0) is 12.1. The average molecular weight is 234 g/mol. The van der Waals surface area contributed by atoms with Gasteiger partial charge in [-0.2, -0.15) is 4.98 Å². The molecule has 0 saturated heterocycles. The molecule has 1 aromatic carbocycles. The maximum Gasteiger partial charge on any atom is 0.224 e. The van der Waals surface area contributed by atoms with Crippen molar-refractivity contribution in [1.29, 1.82) is 0 Å². The van der Waals surface area contributed by atoms with Gasteiger partial charge in [-0.25, -0.2) is 4.98 Å². The Morgan fingerprint density at radius 1 is 1.24 bits per heavy atom. The maximum absolute atomic E-state index is 12.1. The highest BCUT2D eigenvalue weighted by Crippen LogP contribution is 2.21. The first-order valence-corrected chi connectivity index (χ1v) is 5.59. The lowest BCUT2D eigenvalue weighted by atomic mass is 10.2. The van der Waals surface area contributed by atoms with Crippen LogP contribution >= 0.6 is 0 Å². The largest absolute Gasteiger partial charge is 0.369 e. The summed E-state index contributed by atoms with van der Waals surface area (Å²) in [5, 5.41) is 7.00. The molecule has 2 rings (SSSR count). The van der Waals surface area contributed by atoms with Gasteiger partial charge in [0.1, 0.15) is 5.82 Å². The highest BCUT2D eigenvalue weighted by atomic mass is 19.1. The number of hydrogen-bond donors (Lipinski definition) is 2. The van der Waals surface area contributed by atoms with Gasteiger partial charge in [-0.05, 0) is 18.6 Å². The van der Waals surface area contributed by atoms with Gasteiger partial charge in [0, 0.05) is 19.0 Å². The Morgan fingerprint density at radius 3 is 2.82 bits per heavy atom. The zero-order valence-electron chi connectivity index (χ0n) is 9.70. The van der Waals surface area contributed by atoms with E-state index in [0.717, 1.165) is 16.7 Å². The van der Waals surface area contributed by atoms with Crippen LogP contribution in [0, 0.1) is 0 Å². The van der Waals surface area contributed by atoms with Crippen molar-refractivity contribution in [2.75, 3.05) is 30.9 Å². The number of anilines is 2. The molecule has 2 N–H and O–H groups in total. The van der Waals surface area contributed by atoms with E-state index in [4.69, 9.17) is 0 Å². The van der Waals surface area contributed by atoms with Crippen LogP contribution in [0.25, 0.3) is 10.9 Å². The van der Waals surface area contributed by atoms with Crippen molar-refractivity contribution >= 4 is 22.7 Å². The Hall–Kier alpha value is -1.91. The molecule has 0 atom stereocenters. The second-order valence-corrected chi connectivity index (χ2v) is 3.63. The van der Waals surface area contributed by atoms with Crippen LogP contribution in [0.4, 0.5) is 16.2 Å². The fraction of sp³-hybridized carbons (Fsp3) is 0.333. The van der Waals surface area contributed by atoms with Crippen LogP contribution in [0.2, 0.25) is 0 Å². The summed E-state index contributed by atoms with van der Waals surface area (Å²) in [7, 11) is 1.77. The Balaban J connectivity index is 2.36. The molecule has 1 aromatic heterocycles. The number of benzene rings is 1. The third kappa shape index (κ3) is 2.61. The van der Waals surface area contributed by atoms with E-state index in [1.165, 1.54) is 0 Å². The molecule has 0 spiro atoms. The highest BCUT2D eigenvalue weighted by Gasteiger charge is 2.05. The van der Waals surface area contributed by atoms with Crippen molar-refractivity contribution in [1.82, 2.24) is 9.97 Å². The van der Waals surface area contributed by atoms with Crippen LogP contribution in [0.15, 0.2) is 24.3 Å². The topological polar surface area (TPSA) is 49.8 Å². The van der Waals surface area contributed by atoms with Crippen molar-refractivity contribution < 1.29 is 4.39 Å². The molecule has 0 aliphatic heterocycles. The van der Waals surface area contributed by atoms with Gasteiger partial charge in [-0.1, -0.05) is 12.1 Å². The molecule has 0 aliphatic rings. The zero-order valence-corrected chi connectivity index (χ0v) is 9.70. The van der Waals surface area contributed by atoms with E-state index < -0.39 is 0 Å². The minimum absolute atomic E-state index is 0.325. The molecular formula is C12H15FN4. The predicted octanol–water partition coefficient (Wildman–Crippen LogP) is 2.44. The Morgan fingerprint density at radius 2 is 2.06 bits per heavy atom. The molecule has 90 valence electrons. The summed E-state index contributed by atoms with van der Waals surface area (Å²) in [5.41, 5.74) is 0.870. The number of hydrogen-bond acceptors (Lipinski definition) is 4. The lowest BCUT2D eigenvalue weighted by molar-refractivity contribution is 0.481. The standard InChI is InChI=1S/C12H15FN4/c1-14-12-16-10-6-3-2-5-9(10)11(17-12)15-8-4-7-13/h2-3,5-6H,4,7-8H2,1H3,(H2,14,15,16,17). The van der Waals surface area contributed by atoms with Gasteiger partial charge in [0.2, 0.25) is 5.95 Å². The number of alkyl halides is 1. The molecule has 5 heteroatoms. The summed E-state index contributed by atoms with van der Waals surface area (Å²) < 4.78 is 12.1. The molecule has 2 aromatic rings. The monoisotopic (exact) mass is 234 g/mol. The summed E-state index contributed by atoms with van der Waals surface area (Å²) in [4.78, 5) is 8.68. The van der Waals surface area contributed by atoms with E-state index in [9.17, 15) is 4.39 Å². The van der Waals surface area contributed by atoms with Gasteiger partial charge >= 0.3 is 0 Å². The number of fused-ring (bicyclic) bond motifs is 1. The lowest BCUT2D eigenvalue weighted by Crippen LogP contribution is -2.07. The predicted molar refractivity (Wildman–Crippen MR) is 68.2 cm³/mol. The smallest absolute Gasteiger partial charge is 0.224 e. The van der Waals surface area contributed by atoms with Gasteiger partial charge in [0.25, 0.3) is 0 Å². The summed E-state index contributed by atoms with van der Waals surface area (Å²) in [6.45, 7) is 0.246. The van der Waals surface area contributed by atoms with E-state index >= 15 is 0 Å². The number of aromatic nitrogens is 2. The van der Waals surface area contributed by atoms with Crippen molar-refractivity contribution in [2.45, 2.75) is 6.42 Å². The second kappa shape index (κ2) is 5.43. The minimum atomic E-state index is -0.325. The third-order valence-electron chi connectivity index (χ3n) is 2.43. The van der Waals surface area contributed by atoms with Crippen LogP contribution in [-0.4, -0.2) is 30.2 Å². The minimum Gasteiger partial charge on any atom is -0.369 e. The van der Waals surface area contributed by atoms with E-state index in [0.29, 0.717) is 18.9 Å². The molecule has 0 aliphatic carbocycles. The van der Waals surface area contributed by atoms with Crippen LogP contribution < -0.4 is 10.6 Å². The van der Waals surface area contributed by atoms with Crippen molar-refractivity contribution in [3.8, 4) is 0 Å². The Labute approximate surface area is 99.3 Å². The maximum atomic E-state index is 12.1. The lowest BCUT2D eigenvalue weighted by Gasteiger charge is -2.09. The first kappa shape index (κ1) is 11.6. The number of halogens is 1. The summed E-state index contributed by atoms with van der Waals surface area (Å²) in [6.07, 6.45) is 0.479. The van der Waals surface area contributed by atoms with Gasteiger partial charge in [0.15, 0.2) is 0 Å². The van der Waals surface area contributed by atoms with Gasteiger partial charge in [0.05, 0.1) is 12.2 Å². The third-order valence-corrected chi connectivity index (χ3v) is 2.43. The fourth-order valence-electron chi connectivity index (χ4n) is 1.60. The molecule has 17 heavy (non-hydrogen) atoms. The molecule has 0 radical (unpaired) electrons. The van der Waals surface area contributed by atoms with Crippen LogP contribution in [0.5, 0.6) is 0 Å². The summed E-state index contributed by atoms with van der Waals surface area (Å²) >= 11 is 0. The molecule has 0 unspecified atom stereocenters. The van der Waals surface area contributed by atoms with E-state index in [1.807, 2.05) is 24.3 Å². The second-order valence-electron chi connectivity index (χ2n) is 3.63.